The second-order valence-corrected chi connectivity index (χ2v) is 12.3. The molecule has 0 heterocycles. The lowest BCUT2D eigenvalue weighted by molar-refractivity contribution is 0.102. The number of hydrogen-bond acceptors (Lipinski definition) is 4. The molecule has 3 N–H and O–H groups in total. The summed E-state index contributed by atoms with van der Waals surface area (Å²) in [4.78, 5) is 0. The van der Waals surface area contributed by atoms with Crippen LogP contribution in [-0.2, 0) is 15.6 Å². The van der Waals surface area contributed by atoms with Crippen molar-refractivity contribution in [2.75, 3.05) is 11.9 Å². The zero-order valence-electron chi connectivity index (χ0n) is 19.1. The third kappa shape index (κ3) is 5.88. The summed E-state index contributed by atoms with van der Waals surface area (Å²) in [7, 11) is -3.29. The first-order valence-corrected chi connectivity index (χ1v) is 12.6. The molecule has 1 fully saturated rings. The van der Waals surface area contributed by atoms with Crippen LogP contribution >= 0.6 is 0 Å². The topological polar surface area (TPSA) is 78.4 Å². The number of sulfonamides is 1. The fourth-order valence-electron chi connectivity index (χ4n) is 3.98. The maximum Gasteiger partial charge on any atom is 0.216 e. The number of anilines is 1. The molecule has 0 saturated heterocycles. The zero-order chi connectivity index (χ0) is 22.7. The Morgan fingerprint density at radius 1 is 0.871 bits per heavy atom. The van der Waals surface area contributed by atoms with Gasteiger partial charge in [0, 0.05) is 18.3 Å². The summed E-state index contributed by atoms with van der Waals surface area (Å²) in [5.74, 6) is 0.530. The molecule has 0 amide bonds. The van der Waals surface area contributed by atoms with Crippen LogP contribution in [0.25, 0.3) is 0 Å². The van der Waals surface area contributed by atoms with E-state index in [-0.39, 0.29) is 6.04 Å². The van der Waals surface area contributed by atoms with Gasteiger partial charge in [-0.3, -0.25) is 0 Å². The van der Waals surface area contributed by atoms with Crippen molar-refractivity contribution in [2.24, 2.45) is 5.92 Å². The van der Waals surface area contributed by atoms with Gasteiger partial charge in [-0.15, -0.1) is 0 Å². The highest BCUT2D eigenvalue weighted by Gasteiger charge is 2.32. The number of rotatable bonds is 7. The van der Waals surface area contributed by atoms with Crippen LogP contribution in [0.5, 0.6) is 0 Å². The molecule has 5 nitrogen and oxygen atoms in total. The van der Waals surface area contributed by atoms with Gasteiger partial charge in [0.05, 0.1) is 4.75 Å². The van der Waals surface area contributed by atoms with E-state index in [9.17, 15) is 13.5 Å². The first-order chi connectivity index (χ1) is 14.5. The van der Waals surface area contributed by atoms with E-state index < -0.39 is 20.4 Å². The zero-order valence-corrected chi connectivity index (χ0v) is 19.9. The van der Waals surface area contributed by atoms with Gasteiger partial charge >= 0.3 is 0 Å². The Bertz CT molecular complexity index is 941. The van der Waals surface area contributed by atoms with Crippen molar-refractivity contribution in [1.29, 1.82) is 0 Å². The van der Waals surface area contributed by atoms with Crippen molar-refractivity contribution in [3.05, 3.63) is 65.7 Å². The van der Waals surface area contributed by atoms with Crippen molar-refractivity contribution in [2.45, 2.75) is 69.8 Å². The number of benzene rings is 2. The highest BCUT2D eigenvalue weighted by molar-refractivity contribution is 7.90. The molecule has 0 bridgehead atoms. The summed E-state index contributed by atoms with van der Waals surface area (Å²) in [6.45, 7) is 7.88. The lowest BCUT2D eigenvalue weighted by atomic mass is 9.86. The van der Waals surface area contributed by atoms with E-state index in [2.05, 4.69) is 10.0 Å². The van der Waals surface area contributed by atoms with Crippen LogP contribution in [0.2, 0.25) is 0 Å². The molecule has 0 aromatic heterocycles. The van der Waals surface area contributed by atoms with Crippen LogP contribution in [0.3, 0.4) is 0 Å². The smallest absolute Gasteiger partial charge is 0.216 e. The average Bonchev–Trinajstić information content (AvgIpc) is 2.73. The van der Waals surface area contributed by atoms with Crippen molar-refractivity contribution in [3.63, 3.8) is 0 Å². The van der Waals surface area contributed by atoms with Crippen molar-refractivity contribution >= 4 is 15.7 Å². The third-order valence-electron chi connectivity index (χ3n) is 6.35. The lowest BCUT2D eigenvalue weighted by Gasteiger charge is -2.31. The monoisotopic (exact) mass is 444 g/mol. The van der Waals surface area contributed by atoms with Gasteiger partial charge in [-0.1, -0.05) is 42.5 Å². The molecule has 0 spiro atoms. The quantitative estimate of drug-likeness (QED) is 0.582. The fraction of sp³-hybridized carbons (Fsp3) is 0.520. The Labute approximate surface area is 187 Å². The molecule has 6 heteroatoms. The van der Waals surface area contributed by atoms with Crippen molar-refractivity contribution in [3.8, 4) is 0 Å². The largest absolute Gasteiger partial charge is 0.385 e. The van der Waals surface area contributed by atoms with Crippen LogP contribution in [0, 0.1) is 5.92 Å². The molecule has 0 aliphatic heterocycles. The summed E-state index contributed by atoms with van der Waals surface area (Å²) in [6, 6.07) is 17.7. The van der Waals surface area contributed by atoms with Gasteiger partial charge in [0.15, 0.2) is 0 Å². The summed E-state index contributed by atoms with van der Waals surface area (Å²) < 4.78 is 26.8. The minimum Gasteiger partial charge on any atom is -0.385 e. The van der Waals surface area contributed by atoms with E-state index >= 15 is 0 Å². The number of hydrogen-bond donors (Lipinski definition) is 3. The fourth-order valence-corrected chi connectivity index (χ4v) is 5.01. The lowest BCUT2D eigenvalue weighted by Crippen LogP contribution is -2.46. The van der Waals surface area contributed by atoms with Gasteiger partial charge in [0.25, 0.3) is 0 Å². The second kappa shape index (κ2) is 9.31. The molecule has 1 aliphatic carbocycles. The highest BCUT2D eigenvalue weighted by atomic mass is 32.2. The van der Waals surface area contributed by atoms with E-state index in [0.717, 1.165) is 49.0 Å². The summed E-state index contributed by atoms with van der Waals surface area (Å²) in [5, 5.41) is 14.5. The van der Waals surface area contributed by atoms with Crippen molar-refractivity contribution in [1.82, 2.24) is 4.72 Å². The minimum absolute atomic E-state index is 0.0416. The molecule has 1 aliphatic rings. The summed E-state index contributed by atoms with van der Waals surface area (Å²) in [5.41, 5.74) is 1.73. The maximum absolute atomic E-state index is 12.4. The van der Waals surface area contributed by atoms with E-state index in [0.29, 0.717) is 5.92 Å². The Morgan fingerprint density at radius 2 is 1.42 bits per heavy atom. The molecule has 1 atom stereocenters. The standard InChI is InChI=1S/C25H36N2O3S/c1-24(2,3)31(29,30)27-23-14-10-19(11-15-23)18-26-22-16-12-21(13-17-22)25(4,28)20-8-6-5-7-9-20/h5-9,12-13,16-17,19,23,26-28H,10-11,14-15,18H2,1-4H3/t19-,23-,25?. The SMILES string of the molecule is CC(O)(c1ccccc1)c1ccc(NC[C@H]2CC[C@H](NS(=O)(=O)C(C)(C)C)CC2)cc1. The van der Waals surface area contributed by atoms with Gasteiger partial charge in [-0.05, 0) is 82.6 Å². The second-order valence-electron chi connectivity index (χ2n) is 9.85. The van der Waals surface area contributed by atoms with E-state index in [1.54, 1.807) is 20.8 Å². The average molecular weight is 445 g/mol. The minimum atomic E-state index is -3.29. The molecule has 2 aromatic rings. The highest BCUT2D eigenvalue weighted by Crippen LogP contribution is 2.30. The van der Waals surface area contributed by atoms with Crippen LogP contribution in [0.4, 0.5) is 5.69 Å². The third-order valence-corrected chi connectivity index (χ3v) is 8.61. The molecule has 0 radical (unpaired) electrons. The van der Waals surface area contributed by atoms with Crippen LogP contribution in [0.1, 0.15) is 64.5 Å². The van der Waals surface area contributed by atoms with Gasteiger partial charge in [0.1, 0.15) is 5.60 Å². The van der Waals surface area contributed by atoms with E-state index in [1.165, 1.54) is 0 Å². The first-order valence-electron chi connectivity index (χ1n) is 11.1. The van der Waals surface area contributed by atoms with Gasteiger partial charge in [-0.2, -0.15) is 0 Å². The Kier molecular flexibility index (Phi) is 7.14. The summed E-state index contributed by atoms with van der Waals surface area (Å²) >= 11 is 0. The van der Waals surface area contributed by atoms with Gasteiger partial charge in [-0.25, -0.2) is 13.1 Å². The number of aliphatic hydroxyl groups is 1. The van der Waals surface area contributed by atoms with Crippen molar-refractivity contribution < 1.29 is 13.5 Å². The normalized spacial score (nSPS) is 22.0. The predicted molar refractivity (Wildman–Crippen MR) is 128 cm³/mol. The molecule has 170 valence electrons. The Balaban J connectivity index is 1.50. The number of nitrogens with one attached hydrogen (secondary N) is 2. The summed E-state index contributed by atoms with van der Waals surface area (Å²) in [6.07, 6.45) is 3.76. The Hall–Kier alpha value is -1.89. The van der Waals surface area contributed by atoms with Crippen LogP contribution < -0.4 is 10.0 Å². The van der Waals surface area contributed by atoms with E-state index in [1.807, 2.05) is 61.5 Å². The molecule has 3 rings (SSSR count). The van der Waals surface area contributed by atoms with E-state index in [4.69, 9.17) is 0 Å². The maximum atomic E-state index is 12.4. The molecule has 1 unspecified atom stereocenters. The molecular formula is C25H36N2O3S. The molecular weight excluding hydrogens is 408 g/mol. The first kappa shape index (κ1) is 23.8. The molecule has 31 heavy (non-hydrogen) atoms. The van der Waals surface area contributed by atoms with Gasteiger partial charge in [0.2, 0.25) is 10.0 Å². The Morgan fingerprint density at radius 3 is 1.97 bits per heavy atom. The van der Waals surface area contributed by atoms with Gasteiger partial charge < -0.3 is 10.4 Å². The van der Waals surface area contributed by atoms with Crippen LogP contribution in [-0.4, -0.2) is 30.9 Å². The molecule has 1 saturated carbocycles. The molecule has 2 aromatic carbocycles. The van der Waals surface area contributed by atoms with Crippen LogP contribution in [0.15, 0.2) is 54.6 Å². The predicted octanol–water partition coefficient (Wildman–Crippen LogP) is 4.63.